The third-order valence-corrected chi connectivity index (χ3v) is 3.99. The topological polar surface area (TPSA) is 28.4 Å². The summed E-state index contributed by atoms with van der Waals surface area (Å²) >= 11 is 0. The van der Waals surface area contributed by atoms with Crippen molar-refractivity contribution in [3.63, 3.8) is 0 Å². The van der Waals surface area contributed by atoms with E-state index in [1.165, 1.54) is 24.8 Å². The van der Waals surface area contributed by atoms with Crippen LogP contribution < -0.4 is 5.32 Å². The van der Waals surface area contributed by atoms with Crippen LogP contribution >= 0.6 is 0 Å². The van der Waals surface area contributed by atoms with Gasteiger partial charge in [-0.05, 0) is 38.1 Å². The fourth-order valence-corrected chi connectivity index (χ4v) is 2.88. The quantitative estimate of drug-likeness (QED) is 0.914. The highest BCUT2D eigenvalue weighted by molar-refractivity contribution is 5.77. The molecule has 1 aliphatic rings. The average molecular weight is 258 g/mol. The minimum absolute atomic E-state index is 0.599. The van der Waals surface area contributed by atoms with E-state index >= 15 is 0 Å². The Hall–Kier alpha value is -1.32. The van der Waals surface area contributed by atoms with Crippen LogP contribution in [0.25, 0.3) is 11.0 Å². The van der Waals surface area contributed by atoms with Crippen molar-refractivity contribution >= 4 is 11.0 Å². The van der Waals surface area contributed by atoms with Gasteiger partial charge in [0.15, 0.2) is 0 Å². The zero-order chi connectivity index (χ0) is 13.1. The lowest BCUT2D eigenvalue weighted by atomic mass is 10.1. The molecule has 1 aliphatic heterocycles. The van der Waals surface area contributed by atoms with E-state index < -0.39 is 0 Å². The molecule has 1 fully saturated rings. The van der Waals surface area contributed by atoms with Gasteiger partial charge in [0.1, 0.15) is 11.3 Å². The zero-order valence-corrected chi connectivity index (χ0v) is 11.6. The lowest BCUT2D eigenvalue weighted by molar-refractivity contribution is 0.196. The second kappa shape index (κ2) is 5.76. The van der Waals surface area contributed by atoms with Crippen LogP contribution in [0.4, 0.5) is 0 Å². The molecular formula is C16H22N2O. The van der Waals surface area contributed by atoms with Crippen molar-refractivity contribution in [1.82, 2.24) is 10.2 Å². The highest BCUT2D eigenvalue weighted by Crippen LogP contribution is 2.19. The number of hydrogen-bond acceptors (Lipinski definition) is 3. The Labute approximate surface area is 114 Å². The minimum Gasteiger partial charge on any atom is -0.460 e. The van der Waals surface area contributed by atoms with Crippen LogP contribution in [0.2, 0.25) is 0 Å². The van der Waals surface area contributed by atoms with E-state index in [2.05, 4.69) is 35.3 Å². The van der Waals surface area contributed by atoms with Gasteiger partial charge in [-0.25, -0.2) is 0 Å². The summed E-state index contributed by atoms with van der Waals surface area (Å²) in [7, 11) is 0. The number of fused-ring (bicyclic) bond motifs is 1. The van der Waals surface area contributed by atoms with Crippen molar-refractivity contribution in [2.45, 2.75) is 32.4 Å². The maximum Gasteiger partial charge on any atom is 0.134 e. The number of rotatable bonds is 4. The van der Waals surface area contributed by atoms with Gasteiger partial charge in [0, 0.05) is 18.0 Å². The summed E-state index contributed by atoms with van der Waals surface area (Å²) < 4.78 is 5.84. The second-order valence-electron chi connectivity index (χ2n) is 5.36. The molecule has 1 atom stereocenters. The normalized spacial score (nSPS) is 21.0. The van der Waals surface area contributed by atoms with Gasteiger partial charge in [0.25, 0.3) is 0 Å². The van der Waals surface area contributed by atoms with Crippen LogP contribution in [0.1, 0.15) is 25.5 Å². The van der Waals surface area contributed by atoms with Crippen LogP contribution in [0.15, 0.2) is 34.7 Å². The van der Waals surface area contributed by atoms with E-state index in [0.29, 0.717) is 6.04 Å². The first-order chi connectivity index (χ1) is 9.35. The first-order valence-corrected chi connectivity index (χ1v) is 7.28. The van der Waals surface area contributed by atoms with Gasteiger partial charge < -0.3 is 14.6 Å². The summed E-state index contributed by atoms with van der Waals surface area (Å²) in [6.07, 6.45) is 2.57. The molecule has 2 aromatic rings. The zero-order valence-electron chi connectivity index (χ0n) is 11.6. The fourth-order valence-electron chi connectivity index (χ4n) is 2.88. The van der Waals surface area contributed by atoms with Crippen molar-refractivity contribution in [2.75, 3.05) is 19.6 Å². The van der Waals surface area contributed by atoms with Crippen molar-refractivity contribution in [2.24, 2.45) is 0 Å². The third-order valence-electron chi connectivity index (χ3n) is 3.99. The Bertz CT molecular complexity index is 501. The molecule has 0 amide bonds. The van der Waals surface area contributed by atoms with Gasteiger partial charge in [0.05, 0.1) is 6.54 Å². The van der Waals surface area contributed by atoms with Gasteiger partial charge >= 0.3 is 0 Å². The van der Waals surface area contributed by atoms with Crippen molar-refractivity contribution < 1.29 is 4.42 Å². The van der Waals surface area contributed by atoms with Gasteiger partial charge in [-0.15, -0.1) is 0 Å². The monoisotopic (exact) mass is 258 g/mol. The lowest BCUT2D eigenvalue weighted by Gasteiger charge is -2.32. The van der Waals surface area contributed by atoms with E-state index in [1.54, 1.807) is 0 Å². The van der Waals surface area contributed by atoms with Gasteiger partial charge in [-0.3, -0.25) is 0 Å². The fraction of sp³-hybridized carbons (Fsp3) is 0.500. The molecule has 2 heterocycles. The maximum atomic E-state index is 5.84. The Morgan fingerprint density at radius 1 is 1.37 bits per heavy atom. The van der Waals surface area contributed by atoms with Crippen LogP contribution in [0.3, 0.4) is 0 Å². The third kappa shape index (κ3) is 2.99. The standard InChI is InChI=1S/C16H22N2O/c1-2-18-9-5-7-14(12-18)17-11-15-10-13-6-3-4-8-16(13)19-15/h3-4,6,8,10,14,17H,2,5,7,9,11-12H2,1H3. The highest BCUT2D eigenvalue weighted by atomic mass is 16.3. The molecule has 3 rings (SSSR count). The van der Waals surface area contributed by atoms with Crippen LogP contribution in [0, 0.1) is 0 Å². The van der Waals surface area contributed by atoms with Gasteiger partial charge in [-0.1, -0.05) is 25.1 Å². The molecule has 3 heteroatoms. The van der Waals surface area contributed by atoms with Crippen molar-refractivity contribution in [1.29, 1.82) is 0 Å². The smallest absolute Gasteiger partial charge is 0.134 e. The Morgan fingerprint density at radius 3 is 3.11 bits per heavy atom. The molecule has 0 radical (unpaired) electrons. The van der Waals surface area contributed by atoms with E-state index in [-0.39, 0.29) is 0 Å². The first-order valence-electron chi connectivity index (χ1n) is 7.28. The predicted octanol–water partition coefficient (Wildman–Crippen LogP) is 3.01. The molecule has 102 valence electrons. The largest absolute Gasteiger partial charge is 0.460 e. The molecule has 19 heavy (non-hydrogen) atoms. The highest BCUT2D eigenvalue weighted by Gasteiger charge is 2.18. The van der Waals surface area contributed by atoms with Crippen LogP contribution in [-0.2, 0) is 6.54 Å². The molecule has 0 spiro atoms. The molecule has 0 saturated carbocycles. The molecule has 1 saturated heterocycles. The number of nitrogens with one attached hydrogen (secondary N) is 1. The Kier molecular flexibility index (Phi) is 3.85. The number of likely N-dealkylation sites (N-methyl/N-ethyl adjacent to an activating group) is 1. The number of furan rings is 1. The summed E-state index contributed by atoms with van der Waals surface area (Å²) in [5, 5.41) is 4.82. The maximum absolute atomic E-state index is 5.84. The average Bonchev–Trinajstić information content (AvgIpc) is 2.88. The van der Waals surface area contributed by atoms with E-state index in [4.69, 9.17) is 4.42 Å². The SMILES string of the molecule is CCN1CCCC(NCc2cc3ccccc3o2)C1. The summed E-state index contributed by atoms with van der Waals surface area (Å²) in [6.45, 7) is 6.64. The number of para-hydroxylation sites is 1. The number of piperidine rings is 1. The number of nitrogens with zero attached hydrogens (tertiary/aromatic N) is 1. The summed E-state index contributed by atoms with van der Waals surface area (Å²) in [5.74, 6) is 1.04. The molecule has 1 unspecified atom stereocenters. The second-order valence-corrected chi connectivity index (χ2v) is 5.36. The summed E-state index contributed by atoms with van der Waals surface area (Å²) in [4.78, 5) is 2.51. The number of likely N-dealkylation sites (tertiary alicyclic amines) is 1. The summed E-state index contributed by atoms with van der Waals surface area (Å²) in [6, 6.07) is 10.9. The molecule has 0 aliphatic carbocycles. The van der Waals surface area contributed by atoms with E-state index in [1.807, 2.05) is 12.1 Å². The van der Waals surface area contributed by atoms with Crippen molar-refractivity contribution in [3.8, 4) is 0 Å². The number of benzene rings is 1. The van der Waals surface area contributed by atoms with Gasteiger partial charge in [0.2, 0.25) is 0 Å². The summed E-state index contributed by atoms with van der Waals surface area (Å²) in [5.41, 5.74) is 0.984. The van der Waals surface area contributed by atoms with E-state index in [9.17, 15) is 0 Å². The molecule has 3 nitrogen and oxygen atoms in total. The predicted molar refractivity (Wildman–Crippen MR) is 78.2 cm³/mol. The Morgan fingerprint density at radius 2 is 2.26 bits per heavy atom. The first kappa shape index (κ1) is 12.7. The van der Waals surface area contributed by atoms with Crippen LogP contribution in [0.5, 0.6) is 0 Å². The molecule has 0 bridgehead atoms. The Balaban J connectivity index is 1.59. The molecular weight excluding hydrogens is 236 g/mol. The lowest BCUT2D eigenvalue weighted by Crippen LogP contribution is -2.45. The minimum atomic E-state index is 0.599. The molecule has 1 aromatic heterocycles. The van der Waals surface area contributed by atoms with Crippen molar-refractivity contribution in [3.05, 3.63) is 36.1 Å². The molecule has 1 aromatic carbocycles. The van der Waals surface area contributed by atoms with Gasteiger partial charge in [-0.2, -0.15) is 0 Å². The van der Waals surface area contributed by atoms with Crippen LogP contribution in [-0.4, -0.2) is 30.6 Å². The van der Waals surface area contributed by atoms with E-state index in [0.717, 1.165) is 31.0 Å². The molecule has 1 N–H and O–H groups in total. The number of hydrogen-bond donors (Lipinski definition) is 1.